The van der Waals surface area contributed by atoms with Crippen LogP contribution in [0.2, 0.25) is 16.6 Å². The lowest BCUT2D eigenvalue weighted by atomic mass is 9.92. The van der Waals surface area contributed by atoms with Gasteiger partial charge in [0.05, 0.1) is 11.1 Å². The first-order valence-electron chi connectivity index (χ1n) is 19.4. The fourth-order valence-electron chi connectivity index (χ4n) is 8.43. The van der Waals surface area contributed by atoms with Gasteiger partial charge in [0.1, 0.15) is 29.5 Å². The minimum Gasteiger partial charge on any atom is -0.543 e. The van der Waals surface area contributed by atoms with Crippen LogP contribution in [0.25, 0.3) is 22.0 Å². The molecule has 5 rings (SSSR count). The molecular formula is C42H60N6O5Si. The monoisotopic (exact) mass is 756 g/mol. The van der Waals surface area contributed by atoms with Gasteiger partial charge in [-0.2, -0.15) is 5.26 Å². The molecule has 3 amide bonds. The number of rotatable bonds is 6. The lowest BCUT2D eigenvalue weighted by Gasteiger charge is -2.42. The van der Waals surface area contributed by atoms with Crippen LogP contribution in [0.15, 0.2) is 42.6 Å². The minimum absolute atomic E-state index is 0.155. The Morgan fingerprint density at radius 2 is 1.70 bits per heavy atom. The molecule has 1 fully saturated rings. The largest absolute Gasteiger partial charge is 0.543 e. The highest BCUT2D eigenvalue weighted by Gasteiger charge is 2.47. The number of carbonyl (C=O) groups excluding carboxylic acids is 3. The molecule has 3 N–H and O–H groups in total. The van der Waals surface area contributed by atoms with Crippen LogP contribution in [0, 0.1) is 16.7 Å². The van der Waals surface area contributed by atoms with Crippen molar-refractivity contribution in [1.82, 2.24) is 25.6 Å². The molecule has 1 saturated heterocycles. The Hall–Kier alpha value is -4.34. The van der Waals surface area contributed by atoms with Gasteiger partial charge >= 0.3 is 6.09 Å². The van der Waals surface area contributed by atoms with Gasteiger partial charge in [0.25, 0.3) is 14.2 Å². The van der Waals surface area contributed by atoms with E-state index in [4.69, 9.17) is 9.16 Å². The molecule has 11 nitrogen and oxygen atoms in total. The fraction of sp³-hybridized carbons (Fsp3) is 0.571. The summed E-state index contributed by atoms with van der Waals surface area (Å²) in [4.78, 5) is 41.3. The molecule has 3 aromatic rings. The van der Waals surface area contributed by atoms with Gasteiger partial charge in [0.2, 0.25) is 5.91 Å². The van der Waals surface area contributed by atoms with Crippen molar-refractivity contribution in [3.8, 4) is 22.9 Å². The summed E-state index contributed by atoms with van der Waals surface area (Å²) in [5.74, 6) is 0.176. The number of hydrogen-bond acceptors (Lipinski definition) is 7. The predicted octanol–water partition coefficient (Wildman–Crippen LogP) is 7.82. The maximum atomic E-state index is 14.4. The number of fused-ring (bicyclic) bond motifs is 6. The van der Waals surface area contributed by atoms with Crippen molar-refractivity contribution in [2.45, 2.75) is 136 Å². The molecule has 6 bridgehead atoms. The molecule has 3 heterocycles. The summed E-state index contributed by atoms with van der Waals surface area (Å²) >= 11 is 0. The van der Waals surface area contributed by atoms with Gasteiger partial charge in [0, 0.05) is 37.6 Å². The molecule has 292 valence electrons. The lowest BCUT2D eigenvalue weighted by Crippen LogP contribution is -2.62. The number of nitrogens with one attached hydrogen (secondary N) is 3. The third kappa shape index (κ3) is 8.95. The zero-order valence-corrected chi connectivity index (χ0v) is 35.1. The minimum atomic E-state index is -2.40. The van der Waals surface area contributed by atoms with Gasteiger partial charge in [-0.1, -0.05) is 73.6 Å². The van der Waals surface area contributed by atoms with E-state index in [1.54, 1.807) is 20.8 Å². The van der Waals surface area contributed by atoms with Gasteiger partial charge in [-0.05, 0) is 90.5 Å². The van der Waals surface area contributed by atoms with Crippen LogP contribution >= 0.6 is 0 Å². The summed E-state index contributed by atoms with van der Waals surface area (Å²) < 4.78 is 15.0. The third-order valence-electron chi connectivity index (χ3n) is 10.8. The molecule has 0 saturated carbocycles. The molecule has 1 aromatic heterocycles. The summed E-state index contributed by atoms with van der Waals surface area (Å²) in [6.07, 6.45) is 2.53. The lowest BCUT2D eigenvalue weighted by molar-refractivity contribution is -0.141. The molecule has 12 heteroatoms. The van der Waals surface area contributed by atoms with Crippen LogP contribution in [0.3, 0.4) is 0 Å². The highest BCUT2D eigenvalue weighted by Crippen LogP contribution is 2.44. The van der Waals surface area contributed by atoms with Crippen molar-refractivity contribution in [3.05, 3.63) is 53.7 Å². The van der Waals surface area contributed by atoms with E-state index in [0.717, 1.165) is 33.3 Å². The standard InChI is InChI=1S/C42H60N6O5Si/c1-26(2)54(27(3)4,28(5)6)53-33-18-29-17-31(20-33)30-14-15-34-32(22-43)23-47(37(34)21-30)25-42(10,11)24-44-38(49)35-13-12-16-48(46-35)39(50)36(19-29)45-40(51)52-41(7,8)9/h14-15,17-18,20-21,23,26-28,35-36,46H,12-13,16,19,24-25H2,1-11H3,(H,44,49)(H,45,51)/t35-,36-/m0/s1. The number of nitriles is 1. The molecule has 0 unspecified atom stereocenters. The number of nitrogens with zero attached hydrogens (tertiary/aromatic N) is 3. The number of aromatic nitrogens is 1. The van der Waals surface area contributed by atoms with Gasteiger partial charge in [-0.25, -0.2) is 10.2 Å². The van der Waals surface area contributed by atoms with Gasteiger partial charge in [-0.15, -0.1) is 0 Å². The highest BCUT2D eigenvalue weighted by atomic mass is 28.4. The Morgan fingerprint density at radius 1 is 1.02 bits per heavy atom. The molecule has 2 aliphatic heterocycles. The molecule has 2 atom stereocenters. The molecule has 2 aromatic carbocycles. The number of hydrazine groups is 1. The van der Waals surface area contributed by atoms with E-state index in [2.05, 4.69) is 100 Å². The molecule has 0 spiro atoms. The zero-order chi connectivity index (χ0) is 39.7. The molecule has 0 radical (unpaired) electrons. The Labute approximate surface area is 322 Å². The molecular weight excluding hydrogens is 697 g/mol. The van der Waals surface area contributed by atoms with Crippen LogP contribution < -0.4 is 20.5 Å². The maximum Gasteiger partial charge on any atom is 0.408 e. The van der Waals surface area contributed by atoms with E-state index in [-0.39, 0.29) is 23.7 Å². The first-order chi connectivity index (χ1) is 25.2. The summed E-state index contributed by atoms with van der Waals surface area (Å²) in [6, 6.07) is 13.0. The van der Waals surface area contributed by atoms with Crippen molar-refractivity contribution in [2.24, 2.45) is 5.41 Å². The van der Waals surface area contributed by atoms with E-state index < -0.39 is 32.1 Å². The second-order valence-corrected chi connectivity index (χ2v) is 23.3. The smallest absolute Gasteiger partial charge is 0.408 e. The van der Waals surface area contributed by atoms with Gasteiger partial charge < -0.3 is 24.4 Å². The normalized spacial score (nSPS) is 19.8. The quantitative estimate of drug-likeness (QED) is 0.218. The van der Waals surface area contributed by atoms with Crippen molar-refractivity contribution in [2.75, 3.05) is 13.1 Å². The van der Waals surface area contributed by atoms with Crippen molar-refractivity contribution >= 4 is 37.1 Å². The van der Waals surface area contributed by atoms with E-state index in [9.17, 15) is 19.6 Å². The number of hydrogen-bond donors (Lipinski definition) is 3. The second kappa shape index (κ2) is 15.8. The van der Waals surface area contributed by atoms with Crippen LogP contribution in [0.4, 0.5) is 4.79 Å². The molecule has 2 aliphatic rings. The SMILES string of the molecule is CC(C)[Si](Oc1cc2cc(c1)-c1ccc3c(C#N)cn(c3c1)CC(C)(C)CNC(=O)[C@@H]1CCCN(N1)C(=O)[C@@H](NC(=O)OC(C)(C)C)C2)(C(C)C)C(C)C. The second-order valence-electron chi connectivity index (χ2n) is 17.9. The Balaban J connectivity index is 1.72. The van der Waals surface area contributed by atoms with E-state index in [0.29, 0.717) is 54.7 Å². The summed E-state index contributed by atoms with van der Waals surface area (Å²) in [7, 11) is -2.40. The zero-order valence-electron chi connectivity index (χ0n) is 34.1. The summed E-state index contributed by atoms with van der Waals surface area (Å²) in [5.41, 5.74) is 7.15. The third-order valence-corrected chi connectivity index (χ3v) is 16.8. The maximum absolute atomic E-state index is 14.4. The average Bonchev–Trinajstić information content (AvgIpc) is 3.43. The predicted molar refractivity (Wildman–Crippen MR) is 215 cm³/mol. The number of ether oxygens (including phenoxy) is 1. The van der Waals surface area contributed by atoms with Crippen LogP contribution in [-0.4, -0.2) is 66.6 Å². The summed E-state index contributed by atoms with van der Waals surface area (Å²) in [5, 5.41) is 18.4. The fourth-order valence-corrected chi connectivity index (χ4v) is 13.7. The van der Waals surface area contributed by atoms with Crippen molar-refractivity contribution in [3.63, 3.8) is 0 Å². The van der Waals surface area contributed by atoms with Crippen molar-refractivity contribution < 1.29 is 23.5 Å². The molecule has 54 heavy (non-hydrogen) atoms. The number of benzene rings is 2. The Kier molecular flexibility index (Phi) is 11.9. The van der Waals surface area contributed by atoms with E-state index in [1.807, 2.05) is 24.4 Å². The Morgan fingerprint density at radius 3 is 2.33 bits per heavy atom. The molecule has 0 aliphatic carbocycles. The topological polar surface area (TPSA) is 138 Å². The van der Waals surface area contributed by atoms with Crippen LogP contribution in [0.1, 0.15) is 100 Å². The Bertz CT molecular complexity index is 1900. The van der Waals surface area contributed by atoms with Crippen LogP contribution in [-0.2, 0) is 27.3 Å². The highest BCUT2D eigenvalue weighted by molar-refractivity contribution is 6.78. The number of amides is 3. The first kappa shape index (κ1) is 40.8. The van der Waals surface area contributed by atoms with Crippen molar-refractivity contribution in [1.29, 1.82) is 5.26 Å². The average molecular weight is 757 g/mol. The van der Waals surface area contributed by atoms with Crippen LogP contribution in [0.5, 0.6) is 5.75 Å². The van der Waals surface area contributed by atoms with Gasteiger partial charge in [0.15, 0.2) is 0 Å². The number of carbonyl (C=O) groups is 3. The van der Waals surface area contributed by atoms with E-state index in [1.165, 1.54) is 5.01 Å². The number of alkyl carbamates (subject to hydrolysis) is 1. The first-order valence-corrected chi connectivity index (χ1v) is 21.6. The van der Waals surface area contributed by atoms with Gasteiger partial charge in [-0.3, -0.25) is 14.6 Å². The summed E-state index contributed by atoms with van der Waals surface area (Å²) in [6.45, 7) is 24.4. The van der Waals surface area contributed by atoms with E-state index >= 15 is 0 Å².